The third-order valence-electron chi connectivity index (χ3n) is 3.85. The van der Waals surface area contributed by atoms with E-state index in [-0.39, 0.29) is 5.41 Å². The van der Waals surface area contributed by atoms with E-state index in [0.717, 1.165) is 47.1 Å². The van der Waals surface area contributed by atoms with Crippen molar-refractivity contribution in [1.82, 2.24) is 0 Å². The van der Waals surface area contributed by atoms with E-state index in [1.165, 1.54) is 12.8 Å². The van der Waals surface area contributed by atoms with Gasteiger partial charge in [0.15, 0.2) is 0 Å². The van der Waals surface area contributed by atoms with Gasteiger partial charge in [-0.1, -0.05) is 38.3 Å². The normalized spacial score (nSPS) is 11.7. The van der Waals surface area contributed by atoms with Crippen LogP contribution < -0.4 is 4.74 Å². The molecule has 3 heteroatoms. The highest BCUT2D eigenvalue weighted by atomic mass is 35.5. The summed E-state index contributed by atoms with van der Waals surface area (Å²) >= 11 is 10.8. The predicted molar refractivity (Wildman–Crippen MR) is 92.5 cm³/mol. The van der Waals surface area contributed by atoms with Gasteiger partial charge in [0.2, 0.25) is 0 Å². The highest BCUT2D eigenvalue weighted by Crippen LogP contribution is 2.33. The number of aryl methyl sites for hydroxylation is 2. The summed E-state index contributed by atoms with van der Waals surface area (Å²) in [5.41, 5.74) is 2.34. The second kappa shape index (κ2) is 8.19. The Bertz CT molecular complexity index is 402. The van der Waals surface area contributed by atoms with Crippen LogP contribution in [0.5, 0.6) is 5.75 Å². The molecular weight excluding hydrogens is 288 g/mol. The van der Waals surface area contributed by atoms with Gasteiger partial charge in [0.1, 0.15) is 5.75 Å². The minimum absolute atomic E-state index is 0.189. The number of benzene rings is 1. The summed E-state index contributed by atoms with van der Waals surface area (Å²) in [6.07, 6.45) is 4.66. The highest BCUT2D eigenvalue weighted by molar-refractivity contribution is 7.80. The number of hydrogen-bond acceptors (Lipinski definition) is 2. The molecule has 0 saturated heterocycles. The standard InChI is InChI=1S/C17H27ClOS/c1-5-7-17(12-20,8-6-2)11-19-15-9-13(3)16(18)14(4)10-15/h9-10,20H,5-8,11-12H2,1-4H3. The molecule has 0 heterocycles. The molecule has 0 amide bonds. The Kier molecular flexibility index (Phi) is 7.25. The molecule has 0 aliphatic rings. The van der Waals surface area contributed by atoms with Crippen molar-refractivity contribution in [1.29, 1.82) is 0 Å². The average Bonchev–Trinajstić information content (AvgIpc) is 2.42. The first-order valence-electron chi connectivity index (χ1n) is 7.48. The molecule has 1 aromatic rings. The van der Waals surface area contributed by atoms with Gasteiger partial charge in [0, 0.05) is 10.4 Å². The van der Waals surface area contributed by atoms with E-state index in [2.05, 4.69) is 26.5 Å². The zero-order valence-corrected chi connectivity index (χ0v) is 14.8. The number of rotatable bonds is 8. The second-order valence-corrected chi connectivity index (χ2v) is 6.51. The average molecular weight is 315 g/mol. The van der Waals surface area contributed by atoms with Crippen molar-refractivity contribution in [3.63, 3.8) is 0 Å². The molecule has 0 bridgehead atoms. The van der Waals surface area contributed by atoms with Crippen LogP contribution in [0.2, 0.25) is 5.02 Å². The minimum Gasteiger partial charge on any atom is -0.493 e. The molecule has 0 aliphatic heterocycles. The smallest absolute Gasteiger partial charge is 0.119 e. The van der Waals surface area contributed by atoms with Crippen LogP contribution in [0.1, 0.15) is 50.7 Å². The largest absolute Gasteiger partial charge is 0.493 e. The molecule has 0 atom stereocenters. The van der Waals surface area contributed by atoms with Gasteiger partial charge in [-0.15, -0.1) is 0 Å². The van der Waals surface area contributed by atoms with Crippen LogP contribution >= 0.6 is 24.2 Å². The van der Waals surface area contributed by atoms with Crippen LogP contribution in [0.3, 0.4) is 0 Å². The van der Waals surface area contributed by atoms with Gasteiger partial charge < -0.3 is 4.74 Å². The lowest BCUT2D eigenvalue weighted by Gasteiger charge is -2.32. The lowest BCUT2D eigenvalue weighted by Crippen LogP contribution is -2.30. The fourth-order valence-corrected chi connectivity index (χ4v) is 3.28. The predicted octanol–water partition coefficient (Wildman–Crippen LogP) is 5.85. The molecule has 0 fully saturated rings. The Hall–Kier alpha value is -0.340. The van der Waals surface area contributed by atoms with E-state index in [1.54, 1.807) is 0 Å². The zero-order chi connectivity index (χ0) is 15.2. The van der Waals surface area contributed by atoms with Crippen molar-refractivity contribution in [3.05, 3.63) is 28.3 Å². The molecule has 0 saturated carbocycles. The van der Waals surface area contributed by atoms with E-state index in [9.17, 15) is 0 Å². The molecule has 1 rings (SSSR count). The number of ether oxygens (including phenoxy) is 1. The molecule has 0 spiro atoms. The fourth-order valence-electron chi connectivity index (χ4n) is 2.76. The van der Waals surface area contributed by atoms with Crippen LogP contribution in [-0.4, -0.2) is 12.4 Å². The SMILES string of the molecule is CCCC(CS)(CCC)COc1cc(C)c(Cl)c(C)c1. The van der Waals surface area contributed by atoms with Gasteiger partial charge in [-0.2, -0.15) is 12.6 Å². The third kappa shape index (κ3) is 4.60. The summed E-state index contributed by atoms with van der Waals surface area (Å²) in [4.78, 5) is 0. The first kappa shape index (κ1) is 17.7. The molecule has 114 valence electrons. The van der Waals surface area contributed by atoms with Gasteiger partial charge in [-0.25, -0.2) is 0 Å². The van der Waals surface area contributed by atoms with Crippen LogP contribution in [0.4, 0.5) is 0 Å². The first-order valence-corrected chi connectivity index (χ1v) is 8.49. The molecule has 0 N–H and O–H groups in total. The molecule has 1 nitrogen and oxygen atoms in total. The maximum atomic E-state index is 6.20. The van der Waals surface area contributed by atoms with Crippen LogP contribution in [0.15, 0.2) is 12.1 Å². The van der Waals surface area contributed by atoms with Crippen LogP contribution in [0, 0.1) is 19.3 Å². The number of hydrogen-bond donors (Lipinski definition) is 1. The van der Waals surface area contributed by atoms with Gasteiger partial charge >= 0.3 is 0 Å². The van der Waals surface area contributed by atoms with E-state index in [0.29, 0.717) is 0 Å². The van der Waals surface area contributed by atoms with E-state index in [4.69, 9.17) is 16.3 Å². The van der Waals surface area contributed by atoms with Crippen LogP contribution in [0.25, 0.3) is 0 Å². The van der Waals surface area contributed by atoms with Crippen molar-refractivity contribution in [2.45, 2.75) is 53.4 Å². The quantitative estimate of drug-likeness (QED) is 0.592. The molecule has 0 aromatic heterocycles. The third-order valence-corrected chi connectivity index (χ3v) is 5.12. The summed E-state index contributed by atoms with van der Waals surface area (Å²) in [5.74, 6) is 1.79. The van der Waals surface area contributed by atoms with Gasteiger partial charge in [0.25, 0.3) is 0 Å². The van der Waals surface area contributed by atoms with Crippen molar-refractivity contribution in [3.8, 4) is 5.75 Å². The van der Waals surface area contributed by atoms with Gasteiger partial charge in [-0.05, 0) is 55.7 Å². The monoisotopic (exact) mass is 314 g/mol. The topological polar surface area (TPSA) is 9.23 Å². The molecule has 0 unspecified atom stereocenters. The Morgan fingerprint density at radius 3 is 2.00 bits per heavy atom. The van der Waals surface area contributed by atoms with Crippen molar-refractivity contribution in [2.24, 2.45) is 5.41 Å². The number of thiol groups is 1. The summed E-state index contributed by atoms with van der Waals surface area (Å²) in [6.45, 7) is 9.23. The Balaban J connectivity index is 2.81. The fraction of sp³-hybridized carbons (Fsp3) is 0.647. The highest BCUT2D eigenvalue weighted by Gasteiger charge is 2.28. The maximum Gasteiger partial charge on any atom is 0.119 e. The minimum atomic E-state index is 0.189. The Labute approximate surface area is 134 Å². The molecule has 1 aromatic carbocycles. The Morgan fingerprint density at radius 2 is 1.60 bits per heavy atom. The molecular formula is C17H27ClOS. The lowest BCUT2D eigenvalue weighted by atomic mass is 9.82. The lowest BCUT2D eigenvalue weighted by molar-refractivity contribution is 0.143. The van der Waals surface area contributed by atoms with Crippen molar-refractivity contribution in [2.75, 3.05) is 12.4 Å². The summed E-state index contributed by atoms with van der Waals surface area (Å²) < 4.78 is 6.08. The maximum absolute atomic E-state index is 6.20. The van der Waals surface area contributed by atoms with Gasteiger partial charge in [-0.3, -0.25) is 0 Å². The first-order chi connectivity index (χ1) is 9.48. The van der Waals surface area contributed by atoms with Crippen molar-refractivity contribution >= 4 is 24.2 Å². The van der Waals surface area contributed by atoms with E-state index < -0.39 is 0 Å². The Morgan fingerprint density at radius 1 is 1.10 bits per heavy atom. The van der Waals surface area contributed by atoms with Gasteiger partial charge in [0.05, 0.1) is 6.61 Å². The summed E-state index contributed by atoms with van der Waals surface area (Å²) in [7, 11) is 0. The molecule has 20 heavy (non-hydrogen) atoms. The van der Waals surface area contributed by atoms with Crippen molar-refractivity contribution < 1.29 is 4.74 Å². The molecule has 0 aliphatic carbocycles. The second-order valence-electron chi connectivity index (χ2n) is 5.82. The zero-order valence-electron chi connectivity index (χ0n) is 13.1. The number of halogens is 1. The van der Waals surface area contributed by atoms with E-state index in [1.807, 2.05) is 26.0 Å². The summed E-state index contributed by atoms with van der Waals surface area (Å²) in [6, 6.07) is 4.05. The molecule has 0 radical (unpaired) electrons. The van der Waals surface area contributed by atoms with E-state index >= 15 is 0 Å². The summed E-state index contributed by atoms with van der Waals surface area (Å²) in [5, 5.41) is 0.833. The van der Waals surface area contributed by atoms with Crippen LogP contribution in [-0.2, 0) is 0 Å².